The van der Waals surface area contributed by atoms with Gasteiger partial charge in [-0.25, -0.2) is 0 Å². The maximum absolute atomic E-state index is 6.20. The predicted octanol–water partition coefficient (Wildman–Crippen LogP) is -3.46. The molecule has 26 heavy (non-hydrogen) atoms. The highest BCUT2D eigenvalue weighted by atomic mass is 127. The van der Waals surface area contributed by atoms with Crippen molar-refractivity contribution in [3.8, 4) is 16.9 Å². The molecule has 1 fully saturated rings. The molecular formula is C21H30I2N2O. The van der Waals surface area contributed by atoms with Crippen LogP contribution in [0.5, 0.6) is 5.75 Å². The fraction of sp³-hybridized carbons (Fsp3) is 0.429. The fourth-order valence-electron chi connectivity index (χ4n) is 3.91. The number of nitrogens with two attached hydrogens (primary N) is 1. The van der Waals surface area contributed by atoms with Crippen LogP contribution in [0.1, 0.15) is 13.8 Å². The Morgan fingerprint density at radius 1 is 1.00 bits per heavy atom. The number of piperazine rings is 1. The summed E-state index contributed by atoms with van der Waals surface area (Å²) in [7, 11) is 2.36. The number of halogens is 2. The summed E-state index contributed by atoms with van der Waals surface area (Å²) in [6.45, 7) is 10.1. The number of likely N-dealkylation sites (N-methyl/N-ethyl adjacent to an activating group) is 1. The molecule has 2 N–H and O–H groups in total. The highest BCUT2D eigenvalue weighted by Gasteiger charge is 2.39. The number of nitrogens with zero attached hydrogens (tertiary/aromatic N) is 1. The Morgan fingerprint density at radius 3 is 2.35 bits per heavy atom. The van der Waals surface area contributed by atoms with Crippen molar-refractivity contribution in [3.63, 3.8) is 0 Å². The van der Waals surface area contributed by atoms with E-state index in [1.54, 1.807) is 0 Å². The molecule has 144 valence electrons. The summed E-state index contributed by atoms with van der Waals surface area (Å²) in [5.74, 6) is 0.984. The van der Waals surface area contributed by atoms with Crippen LogP contribution in [0.15, 0.2) is 54.6 Å². The van der Waals surface area contributed by atoms with E-state index in [1.165, 1.54) is 30.8 Å². The van der Waals surface area contributed by atoms with E-state index < -0.39 is 0 Å². The Labute approximate surface area is 192 Å². The Kier molecular flexibility index (Phi) is 9.32. The number of hydrogen-bond acceptors (Lipinski definition) is 1. The number of para-hydroxylation sites is 1. The lowest BCUT2D eigenvalue weighted by Gasteiger charge is -2.43. The molecule has 0 aromatic heterocycles. The van der Waals surface area contributed by atoms with Crippen molar-refractivity contribution in [1.82, 2.24) is 0 Å². The molecule has 1 unspecified atom stereocenters. The number of benzene rings is 2. The van der Waals surface area contributed by atoms with E-state index in [-0.39, 0.29) is 48.0 Å². The van der Waals surface area contributed by atoms with E-state index in [2.05, 4.69) is 74.7 Å². The van der Waals surface area contributed by atoms with E-state index >= 15 is 0 Å². The second-order valence-electron chi connectivity index (χ2n) is 7.92. The van der Waals surface area contributed by atoms with Crippen LogP contribution in [0.4, 0.5) is 0 Å². The summed E-state index contributed by atoms with van der Waals surface area (Å²) in [6, 6.07) is 18.8. The summed E-state index contributed by atoms with van der Waals surface area (Å²) in [6.07, 6.45) is 0. The SMILES string of the molecule is CC1(C)C[N+](C)(CCOc2ccccc2-c2ccccc2)CC[NH2+]1.[I-].[I-]. The molecule has 1 aliphatic rings. The highest BCUT2D eigenvalue weighted by Crippen LogP contribution is 2.29. The Bertz CT molecular complexity index is 679. The number of rotatable bonds is 5. The highest BCUT2D eigenvalue weighted by molar-refractivity contribution is 5.70. The molecule has 0 saturated carbocycles. The van der Waals surface area contributed by atoms with Crippen LogP contribution in [0.25, 0.3) is 11.1 Å². The van der Waals surface area contributed by atoms with E-state index in [0.717, 1.165) is 23.4 Å². The van der Waals surface area contributed by atoms with E-state index in [0.29, 0.717) is 5.54 Å². The van der Waals surface area contributed by atoms with Crippen molar-refractivity contribution >= 4 is 0 Å². The molecule has 3 rings (SSSR count). The summed E-state index contributed by atoms with van der Waals surface area (Å²) < 4.78 is 7.30. The molecule has 0 spiro atoms. The first-order valence-electron chi connectivity index (χ1n) is 8.93. The third-order valence-electron chi connectivity index (χ3n) is 5.02. The van der Waals surface area contributed by atoms with Gasteiger partial charge in [0.2, 0.25) is 0 Å². The second kappa shape index (κ2) is 10.2. The summed E-state index contributed by atoms with van der Waals surface area (Å²) in [5, 5.41) is 2.47. The van der Waals surface area contributed by atoms with Crippen LogP contribution in [-0.2, 0) is 0 Å². The molecule has 0 amide bonds. The van der Waals surface area contributed by atoms with Gasteiger partial charge in [-0.2, -0.15) is 0 Å². The minimum absolute atomic E-state index is 0. The zero-order chi connectivity index (χ0) is 17.0. The van der Waals surface area contributed by atoms with Gasteiger partial charge in [0.1, 0.15) is 44.1 Å². The third-order valence-corrected chi connectivity index (χ3v) is 5.02. The van der Waals surface area contributed by atoms with Gasteiger partial charge in [0.15, 0.2) is 0 Å². The van der Waals surface area contributed by atoms with Gasteiger partial charge in [0.25, 0.3) is 0 Å². The number of ether oxygens (including phenoxy) is 1. The lowest BCUT2D eigenvalue weighted by molar-refractivity contribution is -0.971. The standard InChI is InChI=1S/C21H29N2O.2HI/c1-21(2)17-23(3,14-13-22-21)15-16-24-20-12-8-7-11-19(20)18-9-5-4-6-10-18;;/h4-12,22H,13-17H2,1-3H3;2*1H/q+1;;/p-1. The van der Waals surface area contributed by atoms with Crippen molar-refractivity contribution in [2.75, 3.05) is 39.8 Å². The molecular weight excluding hydrogens is 550 g/mol. The molecule has 2 aromatic carbocycles. The zero-order valence-electron chi connectivity index (χ0n) is 15.9. The van der Waals surface area contributed by atoms with Gasteiger partial charge in [-0.15, -0.1) is 0 Å². The van der Waals surface area contributed by atoms with Gasteiger partial charge in [-0.1, -0.05) is 48.5 Å². The number of hydrogen-bond donors (Lipinski definition) is 1. The van der Waals surface area contributed by atoms with Crippen LogP contribution in [0.2, 0.25) is 0 Å². The molecule has 3 nitrogen and oxygen atoms in total. The quantitative estimate of drug-likeness (QED) is 0.289. The van der Waals surface area contributed by atoms with Gasteiger partial charge in [-0.05, 0) is 25.5 Å². The first kappa shape index (κ1) is 23.7. The fourth-order valence-corrected chi connectivity index (χ4v) is 3.91. The largest absolute Gasteiger partial charge is 1.00 e. The lowest BCUT2D eigenvalue weighted by Crippen LogP contribution is -3.01. The van der Waals surface area contributed by atoms with Crippen molar-refractivity contribution in [1.29, 1.82) is 0 Å². The molecule has 0 aliphatic carbocycles. The van der Waals surface area contributed by atoms with Gasteiger partial charge in [0.05, 0.1) is 7.05 Å². The molecule has 0 radical (unpaired) electrons. The lowest BCUT2D eigenvalue weighted by atomic mass is 10.0. The van der Waals surface area contributed by atoms with Gasteiger partial charge in [-0.3, -0.25) is 0 Å². The Hall–Kier alpha value is -0.380. The monoisotopic (exact) mass is 580 g/mol. The normalized spacial score (nSPS) is 21.2. The van der Waals surface area contributed by atoms with Crippen molar-refractivity contribution < 1.29 is 62.5 Å². The van der Waals surface area contributed by atoms with Crippen LogP contribution >= 0.6 is 0 Å². The average molecular weight is 580 g/mol. The van der Waals surface area contributed by atoms with Gasteiger partial charge < -0.3 is 62.5 Å². The van der Waals surface area contributed by atoms with Crippen LogP contribution in [0, 0.1) is 0 Å². The first-order chi connectivity index (χ1) is 11.5. The topological polar surface area (TPSA) is 25.8 Å². The van der Waals surface area contributed by atoms with Gasteiger partial charge >= 0.3 is 0 Å². The second-order valence-corrected chi connectivity index (χ2v) is 7.92. The smallest absolute Gasteiger partial charge is 0.140 e. The summed E-state index contributed by atoms with van der Waals surface area (Å²) in [5.41, 5.74) is 2.71. The van der Waals surface area contributed by atoms with Crippen molar-refractivity contribution in [2.45, 2.75) is 19.4 Å². The average Bonchev–Trinajstić information content (AvgIpc) is 2.55. The minimum Gasteiger partial charge on any atom is -1.00 e. The zero-order valence-corrected chi connectivity index (χ0v) is 20.2. The summed E-state index contributed by atoms with van der Waals surface area (Å²) >= 11 is 0. The van der Waals surface area contributed by atoms with E-state index in [4.69, 9.17) is 4.74 Å². The first-order valence-corrected chi connectivity index (χ1v) is 8.93. The van der Waals surface area contributed by atoms with Crippen LogP contribution in [0.3, 0.4) is 0 Å². The van der Waals surface area contributed by atoms with Crippen LogP contribution in [-0.4, -0.2) is 49.9 Å². The number of quaternary nitrogens is 2. The minimum atomic E-state index is 0. The third kappa shape index (κ3) is 6.35. The van der Waals surface area contributed by atoms with Crippen molar-refractivity contribution in [2.24, 2.45) is 0 Å². The maximum Gasteiger partial charge on any atom is 0.140 e. The summed E-state index contributed by atoms with van der Waals surface area (Å²) in [4.78, 5) is 0. The Balaban J connectivity index is 0.00000169. The van der Waals surface area contributed by atoms with Gasteiger partial charge in [0, 0.05) is 5.56 Å². The molecule has 1 saturated heterocycles. The molecule has 5 heteroatoms. The maximum atomic E-state index is 6.20. The van der Waals surface area contributed by atoms with E-state index in [9.17, 15) is 0 Å². The van der Waals surface area contributed by atoms with E-state index in [1.807, 2.05) is 6.07 Å². The molecule has 1 aliphatic heterocycles. The Morgan fingerprint density at radius 2 is 1.65 bits per heavy atom. The molecule has 2 aromatic rings. The molecule has 1 heterocycles. The van der Waals surface area contributed by atoms with Crippen LogP contribution < -0.4 is 58.0 Å². The molecule has 1 atom stereocenters. The molecule has 0 bridgehead atoms. The van der Waals surface area contributed by atoms with Crippen molar-refractivity contribution in [3.05, 3.63) is 54.6 Å². The predicted molar refractivity (Wildman–Crippen MR) is 99.0 cm³/mol.